The Kier molecular flexibility index (Phi) is 4.07. The van der Waals surface area contributed by atoms with Gasteiger partial charge >= 0.3 is 0 Å². The number of aryl methyl sites for hydroxylation is 1. The molecule has 4 heteroatoms. The molecule has 0 aromatic heterocycles. The topological polar surface area (TPSA) is 54.4 Å². The minimum atomic E-state index is -3.41. The first-order chi connectivity index (χ1) is 8.51. The third-order valence-corrected chi connectivity index (χ3v) is 5.89. The maximum Gasteiger partial charge on any atom is 0.183 e. The zero-order chi connectivity index (χ0) is 13.2. The van der Waals surface area contributed by atoms with E-state index in [0.29, 0.717) is 17.7 Å². The molecule has 1 fully saturated rings. The van der Waals surface area contributed by atoms with Gasteiger partial charge in [0.25, 0.3) is 0 Å². The van der Waals surface area contributed by atoms with Crippen LogP contribution in [0.25, 0.3) is 0 Å². The minimum absolute atomic E-state index is 0.341. The number of sulfone groups is 1. The zero-order valence-electron chi connectivity index (χ0n) is 10.7. The summed E-state index contributed by atoms with van der Waals surface area (Å²) in [5.74, 6) is 0. The Balaban J connectivity index is 2.35. The zero-order valence-corrected chi connectivity index (χ0v) is 11.5. The van der Waals surface area contributed by atoms with E-state index in [1.54, 1.807) is 18.2 Å². The molecule has 0 spiro atoms. The van der Waals surface area contributed by atoms with Crippen molar-refractivity contribution in [2.75, 3.05) is 0 Å². The molecule has 0 radical (unpaired) electrons. The lowest BCUT2D eigenvalue weighted by atomic mass is 10.1. The van der Waals surface area contributed by atoms with Crippen LogP contribution in [0.4, 0.5) is 0 Å². The average molecular weight is 268 g/mol. The normalized spacial score (nSPS) is 25.7. The lowest BCUT2D eigenvalue weighted by Crippen LogP contribution is -2.33. The molecule has 2 unspecified atom stereocenters. The highest BCUT2D eigenvalue weighted by atomic mass is 32.2. The summed E-state index contributed by atoms with van der Waals surface area (Å²) in [6, 6.07) is 6.95. The summed E-state index contributed by atoms with van der Waals surface area (Å²) in [7, 11) is -3.41. The molecule has 1 N–H and O–H groups in total. The number of benzene rings is 1. The van der Waals surface area contributed by atoms with Crippen LogP contribution in [-0.4, -0.2) is 24.9 Å². The summed E-state index contributed by atoms with van der Waals surface area (Å²) in [5, 5.41) is 9.40. The second-order valence-corrected chi connectivity index (χ2v) is 7.27. The van der Waals surface area contributed by atoms with Gasteiger partial charge in [-0.3, -0.25) is 0 Å². The summed E-state index contributed by atoms with van der Waals surface area (Å²) in [4.78, 5) is 0.341. The molecule has 1 aliphatic rings. The SMILES string of the molecule is Cc1cccc(S(=O)(=O)C2CCCCCC2O)c1. The molecular formula is C14H20O3S. The highest BCUT2D eigenvalue weighted by Crippen LogP contribution is 2.28. The minimum Gasteiger partial charge on any atom is -0.392 e. The smallest absolute Gasteiger partial charge is 0.183 e. The molecule has 18 heavy (non-hydrogen) atoms. The number of hydrogen-bond acceptors (Lipinski definition) is 3. The van der Waals surface area contributed by atoms with Gasteiger partial charge in [-0.1, -0.05) is 31.4 Å². The monoisotopic (exact) mass is 268 g/mol. The molecule has 1 aliphatic carbocycles. The first-order valence-electron chi connectivity index (χ1n) is 6.50. The summed E-state index contributed by atoms with van der Waals surface area (Å²) >= 11 is 0. The van der Waals surface area contributed by atoms with E-state index < -0.39 is 21.2 Å². The first kappa shape index (κ1) is 13.6. The maximum atomic E-state index is 12.5. The van der Waals surface area contributed by atoms with E-state index in [4.69, 9.17) is 0 Å². The fourth-order valence-electron chi connectivity index (χ4n) is 2.58. The first-order valence-corrected chi connectivity index (χ1v) is 8.05. The predicted octanol–water partition coefficient (Wildman–Crippen LogP) is 2.46. The molecule has 2 rings (SSSR count). The van der Waals surface area contributed by atoms with E-state index in [9.17, 15) is 13.5 Å². The number of aliphatic hydroxyl groups excluding tert-OH is 1. The summed E-state index contributed by atoms with van der Waals surface area (Å²) < 4.78 is 25.1. The van der Waals surface area contributed by atoms with Crippen molar-refractivity contribution >= 4 is 9.84 Å². The quantitative estimate of drug-likeness (QED) is 0.838. The van der Waals surface area contributed by atoms with Crippen LogP contribution in [0.5, 0.6) is 0 Å². The van der Waals surface area contributed by atoms with Gasteiger partial charge in [-0.05, 0) is 37.5 Å². The molecule has 0 heterocycles. The lowest BCUT2D eigenvalue weighted by molar-refractivity contribution is 0.160. The fourth-order valence-corrected chi connectivity index (χ4v) is 4.58. The Bertz CT molecular complexity index is 508. The molecule has 2 atom stereocenters. The third-order valence-electron chi connectivity index (χ3n) is 3.63. The number of rotatable bonds is 2. The highest BCUT2D eigenvalue weighted by molar-refractivity contribution is 7.92. The van der Waals surface area contributed by atoms with Crippen molar-refractivity contribution in [1.82, 2.24) is 0 Å². The van der Waals surface area contributed by atoms with Gasteiger partial charge in [-0.15, -0.1) is 0 Å². The van der Waals surface area contributed by atoms with Gasteiger partial charge in [0.15, 0.2) is 9.84 Å². The van der Waals surface area contributed by atoms with Crippen molar-refractivity contribution in [2.24, 2.45) is 0 Å². The van der Waals surface area contributed by atoms with E-state index in [2.05, 4.69) is 0 Å². The molecule has 0 amide bonds. The van der Waals surface area contributed by atoms with Crippen LogP contribution < -0.4 is 0 Å². The molecule has 1 saturated carbocycles. The van der Waals surface area contributed by atoms with Gasteiger partial charge in [-0.25, -0.2) is 8.42 Å². The standard InChI is InChI=1S/C14H20O3S/c1-11-6-5-7-12(10-11)18(16,17)14-9-4-2-3-8-13(14)15/h5-7,10,13-15H,2-4,8-9H2,1H3. The van der Waals surface area contributed by atoms with E-state index in [-0.39, 0.29) is 0 Å². The van der Waals surface area contributed by atoms with Crippen LogP contribution in [0.3, 0.4) is 0 Å². The van der Waals surface area contributed by atoms with Crippen LogP contribution in [0.15, 0.2) is 29.2 Å². The molecule has 3 nitrogen and oxygen atoms in total. The third kappa shape index (κ3) is 2.75. The van der Waals surface area contributed by atoms with Crippen molar-refractivity contribution < 1.29 is 13.5 Å². The van der Waals surface area contributed by atoms with Crippen molar-refractivity contribution in [1.29, 1.82) is 0 Å². The second kappa shape index (κ2) is 5.41. The van der Waals surface area contributed by atoms with Crippen LogP contribution in [-0.2, 0) is 9.84 Å². The molecular weight excluding hydrogens is 248 g/mol. The molecule has 1 aromatic rings. The van der Waals surface area contributed by atoms with Gasteiger partial charge in [0, 0.05) is 0 Å². The van der Waals surface area contributed by atoms with Gasteiger partial charge < -0.3 is 5.11 Å². The Labute approximate surface area is 109 Å². The van der Waals surface area contributed by atoms with E-state index in [1.165, 1.54) is 0 Å². The Morgan fingerprint density at radius 2 is 1.89 bits per heavy atom. The summed E-state index contributed by atoms with van der Waals surface area (Å²) in [6.45, 7) is 1.88. The van der Waals surface area contributed by atoms with Crippen molar-refractivity contribution in [3.63, 3.8) is 0 Å². The van der Waals surface area contributed by atoms with Crippen LogP contribution in [0.2, 0.25) is 0 Å². The van der Waals surface area contributed by atoms with Gasteiger partial charge in [0.05, 0.1) is 16.2 Å². The molecule has 0 saturated heterocycles. The van der Waals surface area contributed by atoms with Gasteiger partial charge in [-0.2, -0.15) is 0 Å². The van der Waals surface area contributed by atoms with E-state index in [0.717, 1.165) is 24.8 Å². The highest BCUT2D eigenvalue weighted by Gasteiger charge is 2.34. The molecule has 0 bridgehead atoms. The summed E-state index contributed by atoms with van der Waals surface area (Å²) in [6.07, 6.45) is 3.25. The molecule has 1 aromatic carbocycles. The van der Waals surface area contributed by atoms with Crippen LogP contribution in [0.1, 0.15) is 37.7 Å². The second-order valence-electron chi connectivity index (χ2n) is 5.11. The lowest BCUT2D eigenvalue weighted by Gasteiger charge is -2.20. The van der Waals surface area contributed by atoms with E-state index in [1.807, 2.05) is 13.0 Å². The van der Waals surface area contributed by atoms with Gasteiger partial charge in [0.1, 0.15) is 0 Å². The Morgan fingerprint density at radius 3 is 2.61 bits per heavy atom. The Morgan fingerprint density at radius 1 is 1.17 bits per heavy atom. The van der Waals surface area contributed by atoms with Gasteiger partial charge in [0.2, 0.25) is 0 Å². The average Bonchev–Trinajstić information content (AvgIpc) is 2.54. The summed E-state index contributed by atoms with van der Waals surface area (Å²) in [5.41, 5.74) is 0.930. The van der Waals surface area contributed by atoms with Crippen molar-refractivity contribution in [3.05, 3.63) is 29.8 Å². The van der Waals surface area contributed by atoms with Crippen LogP contribution in [0, 0.1) is 6.92 Å². The van der Waals surface area contributed by atoms with Crippen molar-refractivity contribution in [2.45, 2.75) is 55.3 Å². The van der Waals surface area contributed by atoms with Crippen LogP contribution >= 0.6 is 0 Å². The largest absolute Gasteiger partial charge is 0.392 e. The molecule has 0 aliphatic heterocycles. The maximum absolute atomic E-state index is 12.5. The number of aliphatic hydroxyl groups is 1. The Hall–Kier alpha value is -0.870. The van der Waals surface area contributed by atoms with E-state index >= 15 is 0 Å². The number of hydrogen-bond donors (Lipinski definition) is 1. The molecule has 100 valence electrons. The fraction of sp³-hybridized carbons (Fsp3) is 0.571. The van der Waals surface area contributed by atoms with Crippen molar-refractivity contribution in [3.8, 4) is 0 Å². The predicted molar refractivity (Wildman–Crippen MR) is 71.2 cm³/mol.